The third-order valence-electron chi connectivity index (χ3n) is 4.18. The predicted molar refractivity (Wildman–Crippen MR) is 106 cm³/mol. The molecular weight excluding hydrogens is 429 g/mol. The van der Waals surface area contributed by atoms with Gasteiger partial charge in [-0.05, 0) is 30.2 Å². The van der Waals surface area contributed by atoms with Gasteiger partial charge in [0, 0.05) is 0 Å². The van der Waals surface area contributed by atoms with E-state index in [1.165, 1.54) is 0 Å². The van der Waals surface area contributed by atoms with Gasteiger partial charge in [-0.25, -0.2) is 8.42 Å². The molecule has 1 N–H and O–H groups in total. The molecule has 0 saturated heterocycles. The van der Waals surface area contributed by atoms with Gasteiger partial charge in [0.05, 0.1) is 28.6 Å². The molecule has 0 aliphatic heterocycles. The minimum Gasteiger partial charge on any atom is -0.348 e. The standard InChI is InChI=1S/C19H20ClF3N2O3S/c1-3-17(13-7-5-4-6-8-13)24-18(26)12-25(29(2,27)28)14-9-10-16(20)15(11-14)19(21,22)23/h4-11,17H,3,12H2,1-2H3,(H,24,26)/t17-/m0/s1. The number of nitrogens with one attached hydrogen (secondary N) is 1. The smallest absolute Gasteiger partial charge is 0.348 e. The summed E-state index contributed by atoms with van der Waals surface area (Å²) in [5.74, 6) is -0.644. The Morgan fingerprint density at radius 3 is 2.31 bits per heavy atom. The van der Waals surface area contributed by atoms with Crippen molar-refractivity contribution in [3.63, 3.8) is 0 Å². The number of hydrogen-bond donors (Lipinski definition) is 1. The highest BCUT2D eigenvalue weighted by Gasteiger charge is 2.34. The van der Waals surface area contributed by atoms with Crippen LogP contribution in [0.1, 0.15) is 30.5 Å². The molecule has 0 saturated carbocycles. The molecule has 1 atom stereocenters. The van der Waals surface area contributed by atoms with Crippen LogP contribution < -0.4 is 9.62 Å². The second kappa shape index (κ2) is 9.04. The van der Waals surface area contributed by atoms with E-state index in [4.69, 9.17) is 11.6 Å². The van der Waals surface area contributed by atoms with Gasteiger partial charge in [0.1, 0.15) is 6.54 Å². The van der Waals surface area contributed by atoms with Crippen LogP contribution in [0.4, 0.5) is 18.9 Å². The molecule has 2 rings (SSSR count). The lowest BCUT2D eigenvalue weighted by Crippen LogP contribution is -2.41. The van der Waals surface area contributed by atoms with Crippen LogP contribution in [-0.2, 0) is 21.0 Å². The summed E-state index contributed by atoms with van der Waals surface area (Å²) in [6.45, 7) is 1.18. The van der Waals surface area contributed by atoms with E-state index in [2.05, 4.69) is 5.32 Å². The molecule has 2 aromatic rings. The van der Waals surface area contributed by atoms with Gasteiger partial charge in [0.2, 0.25) is 15.9 Å². The van der Waals surface area contributed by atoms with E-state index in [-0.39, 0.29) is 11.7 Å². The maximum absolute atomic E-state index is 13.1. The molecule has 0 fully saturated rings. The fourth-order valence-corrected chi connectivity index (χ4v) is 3.84. The minimum absolute atomic E-state index is 0.299. The Bertz CT molecular complexity index is 966. The van der Waals surface area contributed by atoms with Crippen molar-refractivity contribution < 1.29 is 26.4 Å². The monoisotopic (exact) mass is 448 g/mol. The summed E-state index contributed by atoms with van der Waals surface area (Å²) >= 11 is 5.59. The SMILES string of the molecule is CC[C@H](NC(=O)CN(c1ccc(Cl)c(C(F)(F)F)c1)S(C)(=O)=O)c1ccccc1. The first kappa shape index (κ1) is 23.0. The molecule has 0 radical (unpaired) electrons. The van der Waals surface area contributed by atoms with Crippen molar-refractivity contribution in [1.29, 1.82) is 0 Å². The Labute approximate surface area is 172 Å². The van der Waals surface area contributed by atoms with Crippen molar-refractivity contribution in [2.45, 2.75) is 25.6 Å². The quantitative estimate of drug-likeness (QED) is 0.683. The van der Waals surface area contributed by atoms with Crippen LogP contribution in [0.3, 0.4) is 0 Å². The average molecular weight is 449 g/mol. The summed E-state index contributed by atoms with van der Waals surface area (Å²) in [6, 6.07) is 11.4. The van der Waals surface area contributed by atoms with Gasteiger partial charge in [-0.2, -0.15) is 13.2 Å². The normalized spacial score (nSPS) is 13.0. The van der Waals surface area contributed by atoms with E-state index < -0.39 is 39.2 Å². The first-order chi connectivity index (χ1) is 13.4. The van der Waals surface area contributed by atoms with E-state index in [9.17, 15) is 26.4 Å². The largest absolute Gasteiger partial charge is 0.417 e. The number of hydrogen-bond acceptors (Lipinski definition) is 3. The minimum atomic E-state index is -4.76. The number of benzene rings is 2. The molecule has 0 aliphatic rings. The topological polar surface area (TPSA) is 66.5 Å². The van der Waals surface area contributed by atoms with Crippen LogP contribution in [0.5, 0.6) is 0 Å². The van der Waals surface area contributed by atoms with Crippen molar-refractivity contribution in [3.8, 4) is 0 Å². The third-order valence-corrected chi connectivity index (χ3v) is 5.65. The van der Waals surface area contributed by atoms with E-state index in [0.717, 1.165) is 24.0 Å². The highest BCUT2D eigenvalue weighted by Crippen LogP contribution is 2.37. The lowest BCUT2D eigenvalue weighted by Gasteiger charge is -2.25. The van der Waals surface area contributed by atoms with Crippen LogP contribution in [0.2, 0.25) is 5.02 Å². The summed E-state index contributed by atoms with van der Waals surface area (Å²) < 4.78 is 64.3. The Morgan fingerprint density at radius 1 is 1.17 bits per heavy atom. The van der Waals surface area contributed by atoms with Crippen LogP contribution in [0.25, 0.3) is 0 Å². The second-order valence-corrected chi connectivity index (χ2v) is 8.68. The average Bonchev–Trinajstić information content (AvgIpc) is 2.63. The molecule has 2 aromatic carbocycles. The molecule has 0 heterocycles. The predicted octanol–water partition coefficient (Wildman–Crippen LogP) is 4.39. The molecule has 10 heteroatoms. The number of anilines is 1. The van der Waals surface area contributed by atoms with Crippen LogP contribution in [0.15, 0.2) is 48.5 Å². The van der Waals surface area contributed by atoms with Gasteiger partial charge in [-0.15, -0.1) is 0 Å². The molecule has 0 aromatic heterocycles. The summed E-state index contributed by atoms with van der Waals surface area (Å²) in [5.41, 5.74) is -0.645. The Kier molecular flexibility index (Phi) is 7.18. The highest BCUT2D eigenvalue weighted by molar-refractivity contribution is 7.92. The van der Waals surface area contributed by atoms with Crippen LogP contribution in [-0.4, -0.2) is 27.1 Å². The van der Waals surface area contributed by atoms with E-state index in [1.807, 2.05) is 25.1 Å². The zero-order valence-corrected chi connectivity index (χ0v) is 17.3. The zero-order valence-electron chi connectivity index (χ0n) is 15.7. The number of rotatable bonds is 7. The van der Waals surface area contributed by atoms with Gasteiger partial charge in [-0.3, -0.25) is 9.10 Å². The molecule has 29 heavy (non-hydrogen) atoms. The van der Waals surface area contributed by atoms with Crippen molar-refractivity contribution in [1.82, 2.24) is 5.32 Å². The number of nitrogens with zero attached hydrogens (tertiary/aromatic N) is 1. The Balaban J connectivity index is 2.30. The van der Waals surface area contributed by atoms with Crippen molar-refractivity contribution in [2.24, 2.45) is 0 Å². The molecule has 158 valence electrons. The molecule has 0 unspecified atom stereocenters. The van der Waals surface area contributed by atoms with E-state index in [0.29, 0.717) is 16.8 Å². The number of carbonyl (C=O) groups is 1. The molecule has 0 spiro atoms. The van der Waals surface area contributed by atoms with Crippen molar-refractivity contribution >= 4 is 33.2 Å². The van der Waals surface area contributed by atoms with Gasteiger partial charge in [-0.1, -0.05) is 48.9 Å². The zero-order chi connectivity index (χ0) is 21.8. The summed E-state index contributed by atoms with van der Waals surface area (Å²) in [7, 11) is -4.03. The Morgan fingerprint density at radius 2 is 1.79 bits per heavy atom. The summed E-state index contributed by atoms with van der Waals surface area (Å²) in [4.78, 5) is 12.5. The molecule has 0 bridgehead atoms. The molecule has 1 amide bonds. The van der Waals surface area contributed by atoms with Crippen LogP contribution >= 0.6 is 11.6 Å². The van der Waals surface area contributed by atoms with Crippen molar-refractivity contribution in [2.75, 3.05) is 17.1 Å². The lowest BCUT2D eigenvalue weighted by molar-refractivity contribution is -0.137. The number of alkyl halides is 3. The molecule has 5 nitrogen and oxygen atoms in total. The van der Waals surface area contributed by atoms with Gasteiger partial charge >= 0.3 is 6.18 Å². The van der Waals surface area contributed by atoms with Gasteiger partial charge in [0.15, 0.2) is 0 Å². The summed E-state index contributed by atoms with van der Waals surface area (Å²) in [6.07, 6.45) is -3.40. The van der Waals surface area contributed by atoms with Gasteiger partial charge < -0.3 is 5.32 Å². The maximum Gasteiger partial charge on any atom is 0.417 e. The van der Waals surface area contributed by atoms with E-state index >= 15 is 0 Å². The first-order valence-corrected chi connectivity index (χ1v) is 10.8. The Hall–Kier alpha value is -2.26. The number of halogens is 4. The number of carbonyl (C=O) groups excluding carboxylic acids is 1. The van der Waals surface area contributed by atoms with Crippen LogP contribution in [0, 0.1) is 0 Å². The maximum atomic E-state index is 13.1. The number of amides is 1. The lowest BCUT2D eigenvalue weighted by atomic mass is 10.0. The molecule has 0 aliphatic carbocycles. The third kappa shape index (κ3) is 6.11. The summed E-state index contributed by atoms with van der Waals surface area (Å²) in [5, 5.41) is 2.16. The first-order valence-electron chi connectivity index (χ1n) is 8.62. The highest BCUT2D eigenvalue weighted by atomic mass is 35.5. The molecular formula is C19H20ClF3N2O3S. The fraction of sp³-hybridized carbons (Fsp3) is 0.316. The fourth-order valence-electron chi connectivity index (χ4n) is 2.76. The van der Waals surface area contributed by atoms with Crippen molar-refractivity contribution in [3.05, 3.63) is 64.7 Å². The van der Waals surface area contributed by atoms with E-state index in [1.54, 1.807) is 12.1 Å². The van der Waals surface area contributed by atoms with Gasteiger partial charge in [0.25, 0.3) is 0 Å². The number of sulfonamides is 1. The second-order valence-electron chi connectivity index (χ2n) is 6.37.